The van der Waals surface area contributed by atoms with Crippen LogP contribution in [0.25, 0.3) is 0 Å². The summed E-state index contributed by atoms with van der Waals surface area (Å²) in [4.78, 5) is 0. The Balaban J connectivity index is 1.82. The average molecular weight is 153 g/mol. The predicted octanol–water partition coefficient (Wildman–Crippen LogP) is 2.32. The first-order valence-corrected chi connectivity index (χ1v) is 5.12. The number of rotatable bonds is 0. The zero-order valence-electron chi connectivity index (χ0n) is 7.36. The zero-order valence-corrected chi connectivity index (χ0v) is 7.36. The molecule has 1 aliphatic heterocycles. The van der Waals surface area contributed by atoms with Crippen molar-refractivity contribution in [2.45, 2.75) is 44.9 Å². The second kappa shape index (κ2) is 3.14. The third-order valence-electron chi connectivity index (χ3n) is 3.33. The molecule has 0 bridgehead atoms. The Hall–Kier alpha value is -0.0400. The summed E-state index contributed by atoms with van der Waals surface area (Å²) in [6.07, 6.45) is 10.4. The molecule has 0 radical (unpaired) electrons. The second-order valence-electron chi connectivity index (χ2n) is 4.31. The fraction of sp³-hybridized carbons (Fsp3) is 1.00. The van der Waals surface area contributed by atoms with Gasteiger partial charge in [0.1, 0.15) is 0 Å². The summed E-state index contributed by atoms with van der Waals surface area (Å²) in [6.45, 7) is 2.53. The van der Waals surface area contributed by atoms with Gasteiger partial charge in [0, 0.05) is 0 Å². The predicted molar refractivity (Wildman–Crippen MR) is 47.6 cm³/mol. The Morgan fingerprint density at radius 2 is 1.45 bits per heavy atom. The van der Waals surface area contributed by atoms with Crippen LogP contribution in [0.5, 0.6) is 0 Å². The molecule has 1 heteroatoms. The van der Waals surface area contributed by atoms with Crippen LogP contribution in [-0.2, 0) is 0 Å². The lowest BCUT2D eigenvalue weighted by Crippen LogP contribution is -2.15. The van der Waals surface area contributed by atoms with Gasteiger partial charge in [-0.05, 0) is 57.0 Å². The smallest absolute Gasteiger partial charge is 0.00487 e. The van der Waals surface area contributed by atoms with Crippen molar-refractivity contribution < 1.29 is 0 Å². The topological polar surface area (TPSA) is 12.0 Å². The Morgan fingerprint density at radius 1 is 0.727 bits per heavy atom. The molecule has 64 valence electrons. The van der Waals surface area contributed by atoms with Crippen LogP contribution in [0.3, 0.4) is 0 Å². The quantitative estimate of drug-likeness (QED) is 0.563. The van der Waals surface area contributed by atoms with Gasteiger partial charge in [0.05, 0.1) is 0 Å². The Bertz CT molecular complexity index is 115. The van der Waals surface area contributed by atoms with Crippen LogP contribution in [0.4, 0.5) is 0 Å². The van der Waals surface area contributed by atoms with Crippen molar-refractivity contribution in [1.29, 1.82) is 0 Å². The van der Waals surface area contributed by atoms with Crippen LogP contribution < -0.4 is 5.32 Å². The first-order chi connectivity index (χ1) is 5.41. The van der Waals surface area contributed by atoms with Gasteiger partial charge in [0.2, 0.25) is 0 Å². The van der Waals surface area contributed by atoms with E-state index < -0.39 is 0 Å². The van der Waals surface area contributed by atoms with E-state index in [4.69, 9.17) is 0 Å². The van der Waals surface area contributed by atoms with Crippen molar-refractivity contribution in [1.82, 2.24) is 5.32 Å². The first kappa shape index (κ1) is 7.60. The van der Waals surface area contributed by atoms with Gasteiger partial charge in [-0.15, -0.1) is 0 Å². The highest BCUT2D eigenvalue weighted by Crippen LogP contribution is 2.53. The SMILES string of the molecule is C1CCC2(CCCNC1)CC2. The van der Waals surface area contributed by atoms with Crippen LogP contribution in [-0.4, -0.2) is 13.1 Å². The minimum atomic E-state index is 0.853. The van der Waals surface area contributed by atoms with Crippen LogP contribution in [0.15, 0.2) is 0 Å². The minimum absolute atomic E-state index is 0.853. The summed E-state index contributed by atoms with van der Waals surface area (Å²) < 4.78 is 0. The van der Waals surface area contributed by atoms with Crippen LogP contribution >= 0.6 is 0 Å². The van der Waals surface area contributed by atoms with E-state index in [1.54, 1.807) is 0 Å². The highest BCUT2D eigenvalue weighted by molar-refractivity contribution is 4.92. The molecule has 1 N–H and O–H groups in total. The molecule has 1 saturated carbocycles. The Morgan fingerprint density at radius 3 is 2.27 bits per heavy atom. The van der Waals surface area contributed by atoms with E-state index in [-0.39, 0.29) is 0 Å². The fourth-order valence-electron chi connectivity index (χ4n) is 2.27. The summed E-state index contributed by atoms with van der Waals surface area (Å²) in [5, 5.41) is 3.49. The van der Waals surface area contributed by atoms with Crippen molar-refractivity contribution in [2.75, 3.05) is 13.1 Å². The third-order valence-corrected chi connectivity index (χ3v) is 3.33. The molecular weight excluding hydrogens is 134 g/mol. The van der Waals surface area contributed by atoms with Crippen molar-refractivity contribution in [3.05, 3.63) is 0 Å². The van der Waals surface area contributed by atoms with E-state index >= 15 is 0 Å². The van der Waals surface area contributed by atoms with E-state index in [0.29, 0.717) is 0 Å². The molecular formula is C10H19N. The maximum absolute atomic E-state index is 3.49. The van der Waals surface area contributed by atoms with E-state index in [9.17, 15) is 0 Å². The van der Waals surface area contributed by atoms with E-state index in [1.165, 1.54) is 58.0 Å². The first-order valence-electron chi connectivity index (χ1n) is 5.12. The molecule has 2 rings (SSSR count). The van der Waals surface area contributed by atoms with E-state index in [2.05, 4.69) is 5.32 Å². The molecule has 0 aromatic rings. The van der Waals surface area contributed by atoms with Gasteiger partial charge >= 0.3 is 0 Å². The zero-order chi connectivity index (χ0) is 7.57. The molecule has 1 aliphatic carbocycles. The number of nitrogens with one attached hydrogen (secondary N) is 1. The molecule has 1 saturated heterocycles. The van der Waals surface area contributed by atoms with Crippen LogP contribution in [0.2, 0.25) is 0 Å². The normalized spacial score (nSPS) is 30.5. The van der Waals surface area contributed by atoms with E-state index in [0.717, 1.165) is 5.41 Å². The molecule has 0 aromatic heterocycles. The van der Waals surface area contributed by atoms with Gasteiger partial charge in [-0.3, -0.25) is 0 Å². The summed E-state index contributed by atoms with van der Waals surface area (Å²) >= 11 is 0. The standard InChI is InChI=1S/C10H19N/c1-2-8-11-9-3-5-10(4-1)6-7-10/h11H,1-9H2. The Labute approximate surface area is 69.6 Å². The van der Waals surface area contributed by atoms with Gasteiger partial charge in [-0.1, -0.05) is 6.42 Å². The van der Waals surface area contributed by atoms with Crippen molar-refractivity contribution >= 4 is 0 Å². The highest BCUT2D eigenvalue weighted by atomic mass is 14.8. The molecule has 1 heterocycles. The largest absolute Gasteiger partial charge is 0.317 e. The summed E-state index contributed by atoms with van der Waals surface area (Å²) in [5.74, 6) is 0. The monoisotopic (exact) mass is 153 g/mol. The molecule has 0 aromatic carbocycles. The molecule has 2 aliphatic rings. The van der Waals surface area contributed by atoms with Gasteiger partial charge in [0.15, 0.2) is 0 Å². The second-order valence-corrected chi connectivity index (χ2v) is 4.31. The molecule has 1 nitrogen and oxygen atoms in total. The minimum Gasteiger partial charge on any atom is -0.317 e. The molecule has 0 unspecified atom stereocenters. The lowest BCUT2D eigenvalue weighted by Gasteiger charge is -2.11. The maximum Gasteiger partial charge on any atom is -0.00487 e. The summed E-state index contributed by atoms with van der Waals surface area (Å²) in [6, 6.07) is 0. The van der Waals surface area contributed by atoms with E-state index in [1.807, 2.05) is 0 Å². The summed E-state index contributed by atoms with van der Waals surface area (Å²) in [5.41, 5.74) is 0.853. The van der Waals surface area contributed by atoms with Gasteiger partial charge in [0.25, 0.3) is 0 Å². The molecule has 2 fully saturated rings. The third kappa shape index (κ3) is 1.96. The molecule has 11 heavy (non-hydrogen) atoms. The number of hydrogen-bond donors (Lipinski definition) is 1. The van der Waals surface area contributed by atoms with Crippen molar-refractivity contribution in [3.63, 3.8) is 0 Å². The number of hydrogen-bond acceptors (Lipinski definition) is 1. The molecule has 0 amide bonds. The average Bonchev–Trinajstić information content (AvgIpc) is 2.70. The lowest BCUT2D eigenvalue weighted by atomic mass is 9.94. The van der Waals surface area contributed by atoms with Crippen LogP contribution in [0.1, 0.15) is 44.9 Å². The van der Waals surface area contributed by atoms with Gasteiger partial charge in [-0.25, -0.2) is 0 Å². The Kier molecular flexibility index (Phi) is 2.17. The van der Waals surface area contributed by atoms with Crippen LogP contribution in [0, 0.1) is 5.41 Å². The molecule has 0 atom stereocenters. The van der Waals surface area contributed by atoms with Crippen molar-refractivity contribution in [3.8, 4) is 0 Å². The maximum atomic E-state index is 3.49. The van der Waals surface area contributed by atoms with Gasteiger partial charge in [-0.2, -0.15) is 0 Å². The molecule has 1 spiro atoms. The lowest BCUT2D eigenvalue weighted by molar-refractivity contribution is 0.411. The highest BCUT2D eigenvalue weighted by Gasteiger charge is 2.40. The summed E-state index contributed by atoms with van der Waals surface area (Å²) in [7, 11) is 0. The van der Waals surface area contributed by atoms with Gasteiger partial charge < -0.3 is 5.32 Å². The van der Waals surface area contributed by atoms with Crippen molar-refractivity contribution in [2.24, 2.45) is 5.41 Å². The fourth-order valence-corrected chi connectivity index (χ4v) is 2.27.